The molecule has 0 spiro atoms. The van der Waals surface area contributed by atoms with Gasteiger partial charge in [0, 0.05) is 23.7 Å². The summed E-state index contributed by atoms with van der Waals surface area (Å²) in [6.45, 7) is 2.37. The molecular weight excluding hydrogens is 662 g/mol. The van der Waals surface area contributed by atoms with Gasteiger partial charge in [-0.05, 0) is 82.3 Å². The third-order valence-corrected chi connectivity index (χ3v) is 8.96. The largest absolute Gasteiger partial charge is 0.488 e. The standard InChI is InChI=1S/C37H32BrN3O6/c38-31-16-28(21-41-12-2-1-9-32(41)37(42)43)34(46-22-25-6-3-5-24(15-25)19-39)18-35(31)47-23-27-7-4-8-29(30(27)20-40)26-10-11-33-36(17-26)45-14-13-44-33/h3-8,10-11,15-18,32H,1-2,9,12-14,21-23H2,(H,42,43)/t32-/m0/s1. The Morgan fingerprint density at radius 1 is 0.894 bits per heavy atom. The average Bonchev–Trinajstić information content (AvgIpc) is 3.10. The van der Waals surface area contributed by atoms with E-state index in [9.17, 15) is 20.4 Å². The molecule has 9 nitrogen and oxygen atoms in total. The number of nitriles is 2. The van der Waals surface area contributed by atoms with Crippen LogP contribution in [-0.2, 0) is 24.6 Å². The molecule has 1 atom stereocenters. The molecule has 0 aromatic heterocycles. The van der Waals surface area contributed by atoms with Crippen molar-refractivity contribution in [1.29, 1.82) is 10.5 Å². The number of carboxylic acids is 1. The van der Waals surface area contributed by atoms with Crippen LogP contribution in [0.15, 0.2) is 77.3 Å². The van der Waals surface area contributed by atoms with E-state index < -0.39 is 12.0 Å². The van der Waals surface area contributed by atoms with Crippen molar-refractivity contribution in [2.45, 2.75) is 45.1 Å². The molecule has 238 valence electrons. The Labute approximate surface area is 281 Å². The van der Waals surface area contributed by atoms with Gasteiger partial charge in [-0.1, -0.05) is 42.8 Å². The van der Waals surface area contributed by atoms with E-state index in [1.54, 1.807) is 18.2 Å². The van der Waals surface area contributed by atoms with E-state index in [1.807, 2.05) is 59.5 Å². The summed E-state index contributed by atoms with van der Waals surface area (Å²) in [5, 5.41) is 29.4. The van der Waals surface area contributed by atoms with E-state index in [-0.39, 0.29) is 13.2 Å². The maximum Gasteiger partial charge on any atom is 0.320 e. The summed E-state index contributed by atoms with van der Waals surface area (Å²) in [6.07, 6.45) is 2.40. The number of rotatable bonds is 10. The minimum atomic E-state index is -0.828. The molecule has 47 heavy (non-hydrogen) atoms. The summed E-state index contributed by atoms with van der Waals surface area (Å²) in [4.78, 5) is 14.0. The monoisotopic (exact) mass is 693 g/mol. The Bertz CT molecular complexity index is 1880. The SMILES string of the molecule is N#Cc1cccc(COc2cc(OCc3cccc(-c4ccc5c(c4)OCCO5)c3C#N)c(Br)cc2CN2CCCC[C@H]2C(=O)O)c1. The second kappa shape index (κ2) is 14.6. The van der Waals surface area contributed by atoms with Crippen LogP contribution >= 0.6 is 15.9 Å². The predicted octanol–water partition coefficient (Wildman–Crippen LogP) is 7.23. The molecule has 0 unspecified atom stereocenters. The summed E-state index contributed by atoms with van der Waals surface area (Å²) < 4.78 is 24.7. The van der Waals surface area contributed by atoms with Crippen molar-refractivity contribution in [3.8, 4) is 46.3 Å². The fourth-order valence-corrected chi connectivity index (χ4v) is 6.48. The van der Waals surface area contributed by atoms with Gasteiger partial charge in [-0.25, -0.2) is 0 Å². The average molecular weight is 695 g/mol. The summed E-state index contributed by atoms with van der Waals surface area (Å²) in [7, 11) is 0. The Hall–Kier alpha value is -5.03. The fraction of sp³-hybridized carbons (Fsp3) is 0.270. The lowest BCUT2D eigenvalue weighted by Gasteiger charge is -2.33. The molecule has 1 fully saturated rings. The second-order valence-corrected chi connectivity index (χ2v) is 12.3. The van der Waals surface area contributed by atoms with Crippen molar-refractivity contribution >= 4 is 21.9 Å². The number of benzene rings is 4. The van der Waals surface area contributed by atoms with Crippen molar-refractivity contribution in [3.05, 3.63) is 105 Å². The maximum absolute atomic E-state index is 12.0. The molecule has 4 aromatic rings. The molecular formula is C37H32BrN3O6. The third kappa shape index (κ3) is 7.36. The van der Waals surface area contributed by atoms with E-state index in [2.05, 4.69) is 28.1 Å². The van der Waals surface area contributed by atoms with Gasteiger partial charge in [-0.3, -0.25) is 9.69 Å². The summed E-state index contributed by atoms with van der Waals surface area (Å²) in [5.41, 5.74) is 4.99. The third-order valence-electron chi connectivity index (χ3n) is 8.34. The predicted molar refractivity (Wildman–Crippen MR) is 177 cm³/mol. The second-order valence-electron chi connectivity index (χ2n) is 11.4. The molecule has 0 amide bonds. The molecule has 1 N–H and O–H groups in total. The number of halogens is 1. The van der Waals surface area contributed by atoms with Crippen molar-refractivity contribution in [1.82, 2.24) is 4.90 Å². The Kier molecular flexibility index (Phi) is 9.92. The first-order valence-corrected chi connectivity index (χ1v) is 16.2. The molecule has 6 rings (SSSR count). The normalized spacial score (nSPS) is 15.7. The fourth-order valence-electron chi connectivity index (χ4n) is 5.97. The highest BCUT2D eigenvalue weighted by Crippen LogP contribution is 2.38. The quantitative estimate of drug-likeness (QED) is 0.183. The highest BCUT2D eigenvalue weighted by atomic mass is 79.9. The minimum absolute atomic E-state index is 0.121. The number of hydrogen-bond acceptors (Lipinski definition) is 8. The first-order chi connectivity index (χ1) is 22.9. The number of carbonyl (C=O) groups is 1. The number of piperidine rings is 1. The van der Waals surface area contributed by atoms with E-state index >= 15 is 0 Å². The zero-order valence-corrected chi connectivity index (χ0v) is 27.2. The van der Waals surface area contributed by atoms with Gasteiger partial charge in [0.25, 0.3) is 0 Å². The lowest BCUT2D eigenvalue weighted by molar-refractivity contribution is -0.144. The molecule has 0 aliphatic carbocycles. The lowest BCUT2D eigenvalue weighted by Crippen LogP contribution is -2.44. The summed E-state index contributed by atoms with van der Waals surface area (Å²) >= 11 is 3.66. The van der Waals surface area contributed by atoms with Gasteiger partial charge in [-0.2, -0.15) is 10.5 Å². The van der Waals surface area contributed by atoms with Crippen LogP contribution in [0.5, 0.6) is 23.0 Å². The Balaban J connectivity index is 1.27. The number of aliphatic carboxylic acids is 1. The molecule has 0 bridgehead atoms. The van der Waals surface area contributed by atoms with Crippen LogP contribution in [0.4, 0.5) is 0 Å². The van der Waals surface area contributed by atoms with Crippen LogP contribution in [0, 0.1) is 22.7 Å². The van der Waals surface area contributed by atoms with Crippen LogP contribution < -0.4 is 18.9 Å². The molecule has 2 aliphatic rings. The van der Waals surface area contributed by atoms with Crippen molar-refractivity contribution in [2.75, 3.05) is 19.8 Å². The van der Waals surface area contributed by atoms with Gasteiger partial charge < -0.3 is 24.1 Å². The molecule has 0 radical (unpaired) electrons. The van der Waals surface area contributed by atoms with Gasteiger partial charge in [0.1, 0.15) is 50.0 Å². The highest BCUT2D eigenvalue weighted by Gasteiger charge is 2.29. The van der Waals surface area contributed by atoms with Gasteiger partial charge in [0.2, 0.25) is 0 Å². The Morgan fingerprint density at radius 3 is 2.51 bits per heavy atom. The van der Waals surface area contributed by atoms with Crippen LogP contribution in [0.3, 0.4) is 0 Å². The zero-order chi connectivity index (χ0) is 32.8. The van der Waals surface area contributed by atoms with E-state index in [0.717, 1.165) is 35.1 Å². The molecule has 1 saturated heterocycles. The van der Waals surface area contributed by atoms with Gasteiger partial charge in [-0.15, -0.1) is 0 Å². The highest BCUT2D eigenvalue weighted by molar-refractivity contribution is 9.10. The summed E-state index contributed by atoms with van der Waals surface area (Å²) in [6, 6.07) is 26.2. The molecule has 2 aliphatic heterocycles. The van der Waals surface area contributed by atoms with Crippen LogP contribution in [0.1, 0.15) is 47.1 Å². The van der Waals surface area contributed by atoms with E-state index in [0.29, 0.717) is 76.9 Å². The van der Waals surface area contributed by atoms with Crippen LogP contribution in [0.25, 0.3) is 11.1 Å². The zero-order valence-electron chi connectivity index (χ0n) is 25.6. The maximum atomic E-state index is 12.0. The van der Waals surface area contributed by atoms with E-state index in [4.69, 9.17) is 18.9 Å². The van der Waals surface area contributed by atoms with Crippen LogP contribution in [-0.4, -0.2) is 41.8 Å². The van der Waals surface area contributed by atoms with Gasteiger partial charge in [0.05, 0.1) is 21.7 Å². The summed E-state index contributed by atoms with van der Waals surface area (Å²) in [5.74, 6) is 1.56. The number of likely N-dealkylation sites (tertiary alicyclic amines) is 1. The van der Waals surface area contributed by atoms with Gasteiger partial charge in [0.15, 0.2) is 11.5 Å². The number of ether oxygens (including phenoxy) is 4. The van der Waals surface area contributed by atoms with Crippen molar-refractivity contribution < 1.29 is 28.8 Å². The van der Waals surface area contributed by atoms with E-state index in [1.165, 1.54) is 0 Å². The van der Waals surface area contributed by atoms with Gasteiger partial charge >= 0.3 is 5.97 Å². The molecule has 10 heteroatoms. The Morgan fingerprint density at radius 2 is 1.70 bits per heavy atom. The molecule has 0 saturated carbocycles. The number of fused-ring (bicyclic) bond motifs is 1. The van der Waals surface area contributed by atoms with Crippen LogP contribution in [0.2, 0.25) is 0 Å². The first-order valence-electron chi connectivity index (χ1n) is 15.4. The molecule has 2 heterocycles. The number of carboxylic acid groups (broad SMARTS) is 1. The van der Waals surface area contributed by atoms with Crippen molar-refractivity contribution in [2.24, 2.45) is 0 Å². The smallest absolute Gasteiger partial charge is 0.320 e. The number of nitrogens with zero attached hydrogens (tertiary/aromatic N) is 3. The molecule has 4 aromatic carbocycles. The van der Waals surface area contributed by atoms with Crippen molar-refractivity contribution in [3.63, 3.8) is 0 Å². The first kappa shape index (κ1) is 31.9. The topological polar surface area (TPSA) is 125 Å². The lowest BCUT2D eigenvalue weighted by atomic mass is 9.96. The number of hydrogen-bond donors (Lipinski definition) is 1. The minimum Gasteiger partial charge on any atom is -0.488 e.